The molecule has 22 heavy (non-hydrogen) atoms. The second-order valence-corrected chi connectivity index (χ2v) is 5.23. The summed E-state index contributed by atoms with van der Waals surface area (Å²) in [6, 6.07) is 11.8. The number of nitrogens with one attached hydrogen (secondary N) is 1. The van der Waals surface area contributed by atoms with Crippen LogP contribution in [0, 0.1) is 5.82 Å². The van der Waals surface area contributed by atoms with Crippen LogP contribution in [0.4, 0.5) is 10.1 Å². The number of carbonyl (C=O) groups excluding carboxylic acids is 1. The smallest absolute Gasteiger partial charge is 0.258 e. The molecule has 2 rings (SSSR count). The quantitative estimate of drug-likeness (QED) is 0.876. The van der Waals surface area contributed by atoms with Crippen molar-refractivity contribution in [1.29, 1.82) is 0 Å². The molecule has 116 valence electrons. The Kier molecular flexibility index (Phi) is 5.15. The van der Waals surface area contributed by atoms with Crippen molar-refractivity contribution in [2.24, 2.45) is 0 Å². The van der Waals surface area contributed by atoms with Crippen LogP contribution in [0.3, 0.4) is 0 Å². The fourth-order valence-electron chi connectivity index (χ4n) is 2.14. The van der Waals surface area contributed by atoms with Crippen LogP contribution in [0.25, 0.3) is 0 Å². The van der Waals surface area contributed by atoms with Crippen molar-refractivity contribution in [3.05, 3.63) is 59.4 Å². The Morgan fingerprint density at radius 3 is 2.45 bits per heavy atom. The van der Waals surface area contributed by atoms with Gasteiger partial charge in [0.15, 0.2) is 0 Å². The molecule has 0 fully saturated rings. The maximum atomic E-state index is 13.9. The third-order valence-corrected chi connectivity index (χ3v) is 3.77. The van der Waals surface area contributed by atoms with E-state index in [1.54, 1.807) is 6.07 Å². The van der Waals surface area contributed by atoms with E-state index in [1.807, 2.05) is 24.3 Å². The Morgan fingerprint density at radius 2 is 1.91 bits per heavy atom. The first-order chi connectivity index (χ1) is 10.5. The lowest BCUT2D eigenvalue weighted by atomic mass is 9.98. The lowest BCUT2D eigenvalue weighted by Crippen LogP contribution is -2.13. The highest BCUT2D eigenvalue weighted by atomic mass is 19.1. The predicted molar refractivity (Wildman–Crippen MR) is 86.1 cm³/mol. The van der Waals surface area contributed by atoms with Crippen molar-refractivity contribution in [2.45, 2.75) is 26.2 Å². The second kappa shape index (κ2) is 7.07. The predicted octanol–water partition coefficient (Wildman–Crippen LogP) is 4.60. The molecular weight excluding hydrogens is 281 g/mol. The van der Waals surface area contributed by atoms with Gasteiger partial charge in [0.1, 0.15) is 11.6 Å². The average molecular weight is 301 g/mol. The number of benzene rings is 2. The van der Waals surface area contributed by atoms with Crippen molar-refractivity contribution >= 4 is 11.6 Å². The van der Waals surface area contributed by atoms with Crippen molar-refractivity contribution < 1.29 is 13.9 Å². The minimum atomic E-state index is -0.604. The van der Waals surface area contributed by atoms with E-state index in [2.05, 4.69) is 19.2 Å². The highest BCUT2D eigenvalue weighted by Gasteiger charge is 2.13. The van der Waals surface area contributed by atoms with Gasteiger partial charge in [0.05, 0.1) is 12.7 Å². The summed E-state index contributed by atoms with van der Waals surface area (Å²) in [5.74, 6) is -0.222. The van der Waals surface area contributed by atoms with E-state index in [1.165, 1.54) is 24.8 Å². The molecule has 0 radical (unpaired) electrons. The summed E-state index contributed by atoms with van der Waals surface area (Å²) in [5, 5.41) is 2.70. The molecule has 0 aliphatic heterocycles. The molecule has 0 aromatic heterocycles. The fourth-order valence-corrected chi connectivity index (χ4v) is 2.14. The Balaban J connectivity index is 2.12. The maximum Gasteiger partial charge on any atom is 0.258 e. The van der Waals surface area contributed by atoms with E-state index in [9.17, 15) is 9.18 Å². The van der Waals surface area contributed by atoms with E-state index >= 15 is 0 Å². The van der Waals surface area contributed by atoms with Gasteiger partial charge in [-0.2, -0.15) is 0 Å². The van der Waals surface area contributed by atoms with E-state index in [0.29, 0.717) is 17.4 Å². The normalized spacial score (nSPS) is 11.8. The molecule has 0 spiro atoms. The van der Waals surface area contributed by atoms with E-state index in [0.717, 1.165) is 6.42 Å². The lowest BCUT2D eigenvalue weighted by Gasteiger charge is -2.11. The van der Waals surface area contributed by atoms with Crippen LogP contribution in [-0.2, 0) is 0 Å². The first-order valence-corrected chi connectivity index (χ1v) is 7.30. The van der Waals surface area contributed by atoms with E-state index < -0.39 is 11.7 Å². The molecule has 1 amide bonds. The van der Waals surface area contributed by atoms with Crippen LogP contribution in [0.1, 0.15) is 42.1 Å². The maximum absolute atomic E-state index is 13.9. The van der Waals surface area contributed by atoms with Gasteiger partial charge in [-0.15, -0.1) is 0 Å². The molecule has 0 aliphatic rings. The molecule has 1 N–H and O–H groups in total. The van der Waals surface area contributed by atoms with Gasteiger partial charge in [-0.1, -0.05) is 26.0 Å². The summed E-state index contributed by atoms with van der Waals surface area (Å²) >= 11 is 0. The number of hydrogen-bond acceptors (Lipinski definition) is 2. The van der Waals surface area contributed by atoms with Gasteiger partial charge >= 0.3 is 0 Å². The minimum Gasteiger partial charge on any atom is -0.497 e. The number of amides is 1. The van der Waals surface area contributed by atoms with Crippen LogP contribution in [0.2, 0.25) is 0 Å². The summed E-state index contributed by atoms with van der Waals surface area (Å²) < 4.78 is 18.8. The number of anilines is 1. The molecule has 3 nitrogen and oxygen atoms in total. The van der Waals surface area contributed by atoms with Gasteiger partial charge in [-0.05, 0) is 42.2 Å². The number of methoxy groups -OCH3 is 1. The van der Waals surface area contributed by atoms with E-state index in [4.69, 9.17) is 4.74 Å². The molecule has 1 atom stereocenters. The van der Waals surface area contributed by atoms with Gasteiger partial charge < -0.3 is 10.1 Å². The Hall–Kier alpha value is -2.36. The third-order valence-electron chi connectivity index (χ3n) is 3.77. The summed E-state index contributed by atoms with van der Waals surface area (Å²) in [6.07, 6.45) is 1.06. The highest BCUT2D eigenvalue weighted by Crippen LogP contribution is 2.21. The highest BCUT2D eigenvalue weighted by molar-refractivity contribution is 6.04. The molecule has 0 heterocycles. The molecule has 0 saturated heterocycles. The number of halogens is 1. The molecule has 1 unspecified atom stereocenters. The van der Waals surface area contributed by atoms with Crippen LogP contribution in [0.5, 0.6) is 5.75 Å². The van der Waals surface area contributed by atoms with Gasteiger partial charge in [-0.25, -0.2) is 4.39 Å². The number of ether oxygens (including phenoxy) is 1. The fraction of sp³-hybridized carbons (Fsp3) is 0.278. The number of rotatable bonds is 5. The first kappa shape index (κ1) is 16.0. The molecule has 0 bridgehead atoms. The molecule has 0 aliphatic carbocycles. The van der Waals surface area contributed by atoms with Crippen molar-refractivity contribution in [3.63, 3.8) is 0 Å². The Labute approximate surface area is 130 Å². The van der Waals surface area contributed by atoms with Gasteiger partial charge in [0.2, 0.25) is 0 Å². The van der Waals surface area contributed by atoms with Gasteiger partial charge in [-0.3, -0.25) is 4.79 Å². The second-order valence-electron chi connectivity index (χ2n) is 5.23. The number of hydrogen-bond donors (Lipinski definition) is 1. The van der Waals surface area contributed by atoms with Gasteiger partial charge in [0, 0.05) is 11.8 Å². The Bertz CT molecular complexity index is 653. The zero-order valence-corrected chi connectivity index (χ0v) is 13.0. The largest absolute Gasteiger partial charge is 0.497 e. The topological polar surface area (TPSA) is 38.3 Å². The summed E-state index contributed by atoms with van der Waals surface area (Å²) in [4.78, 5) is 12.1. The van der Waals surface area contributed by atoms with Crippen LogP contribution in [0.15, 0.2) is 42.5 Å². The van der Waals surface area contributed by atoms with Crippen molar-refractivity contribution in [3.8, 4) is 5.75 Å². The number of carbonyl (C=O) groups is 1. The van der Waals surface area contributed by atoms with Crippen LogP contribution >= 0.6 is 0 Å². The molecule has 2 aromatic carbocycles. The SMILES string of the molecule is CCC(C)c1ccc(NC(=O)c2ccc(OC)cc2F)cc1. The summed E-state index contributed by atoms with van der Waals surface area (Å²) in [7, 11) is 1.45. The minimum absolute atomic E-state index is 0.00759. The molecule has 2 aromatic rings. The standard InChI is InChI=1S/C18H20FNO2/c1-4-12(2)13-5-7-14(8-6-13)20-18(21)16-10-9-15(22-3)11-17(16)19/h5-12H,4H2,1-3H3,(H,20,21). The lowest BCUT2D eigenvalue weighted by molar-refractivity contribution is 0.102. The molecule has 4 heteroatoms. The van der Waals surface area contributed by atoms with Gasteiger partial charge in [0.25, 0.3) is 5.91 Å². The summed E-state index contributed by atoms with van der Waals surface area (Å²) in [5.41, 5.74) is 1.86. The zero-order chi connectivity index (χ0) is 16.1. The van der Waals surface area contributed by atoms with E-state index in [-0.39, 0.29) is 5.56 Å². The first-order valence-electron chi connectivity index (χ1n) is 7.30. The van der Waals surface area contributed by atoms with Crippen LogP contribution < -0.4 is 10.1 Å². The monoisotopic (exact) mass is 301 g/mol. The summed E-state index contributed by atoms with van der Waals surface area (Å²) in [6.45, 7) is 4.28. The molecular formula is C18H20FNO2. The average Bonchev–Trinajstić information content (AvgIpc) is 2.54. The van der Waals surface area contributed by atoms with Crippen LogP contribution in [-0.4, -0.2) is 13.0 Å². The van der Waals surface area contributed by atoms with Crippen molar-refractivity contribution in [2.75, 3.05) is 12.4 Å². The van der Waals surface area contributed by atoms with Crippen molar-refractivity contribution in [1.82, 2.24) is 0 Å². The third kappa shape index (κ3) is 3.64. The molecule has 0 saturated carbocycles. The Morgan fingerprint density at radius 1 is 1.23 bits per heavy atom. The zero-order valence-electron chi connectivity index (χ0n) is 13.0.